The molecule has 17 nitrogen and oxygen atoms in total. The largest absolute Gasteiger partial charge is 0.507 e. The number of phenolic OH excluding ortho intramolecular Hbond substituents is 1. The van der Waals surface area contributed by atoms with E-state index in [9.17, 15) is 24.3 Å². The third-order valence-corrected chi connectivity index (χ3v) is 11.1. The first-order chi connectivity index (χ1) is 29.3. The fourth-order valence-electron chi connectivity index (χ4n) is 8.99. The number of fused-ring (bicyclic) bond motifs is 4. The van der Waals surface area contributed by atoms with Gasteiger partial charge in [-0.05, 0) is 20.8 Å². The maximum Gasteiger partial charge on any atom is 0.305 e. The Morgan fingerprint density at radius 1 is 0.742 bits per heavy atom. The summed E-state index contributed by atoms with van der Waals surface area (Å²) in [6.07, 6.45) is -10.9. The van der Waals surface area contributed by atoms with Crippen molar-refractivity contribution < 1.29 is 81.2 Å². The zero-order valence-corrected chi connectivity index (χ0v) is 34.8. The molecule has 3 aromatic rings. The number of ether oxygens (including phenoxy) is 10. The Morgan fingerprint density at radius 3 is 1.90 bits per heavy atom. The summed E-state index contributed by atoms with van der Waals surface area (Å²) >= 11 is 0. The van der Waals surface area contributed by atoms with Crippen molar-refractivity contribution in [2.24, 2.45) is 0 Å². The van der Waals surface area contributed by atoms with E-state index in [1.807, 2.05) is 12.1 Å². The lowest BCUT2D eigenvalue weighted by molar-refractivity contribution is -0.320. The van der Waals surface area contributed by atoms with Gasteiger partial charge in [0.1, 0.15) is 36.3 Å². The predicted octanol–water partition coefficient (Wildman–Crippen LogP) is 4.52. The van der Waals surface area contributed by atoms with Crippen molar-refractivity contribution in [1.82, 2.24) is 0 Å². The van der Waals surface area contributed by atoms with Crippen molar-refractivity contribution in [3.05, 3.63) is 100 Å². The maximum atomic E-state index is 15.2. The van der Waals surface area contributed by atoms with Gasteiger partial charge in [-0.1, -0.05) is 60.7 Å². The average Bonchev–Trinajstić information content (AvgIpc) is 3.71. The molecule has 2 aliphatic carbocycles. The quantitative estimate of drug-likeness (QED) is 0.231. The second-order valence-electron chi connectivity index (χ2n) is 16.2. The van der Waals surface area contributed by atoms with E-state index in [0.29, 0.717) is 11.1 Å². The fourth-order valence-corrected chi connectivity index (χ4v) is 8.99. The van der Waals surface area contributed by atoms with Gasteiger partial charge in [-0.2, -0.15) is 0 Å². The van der Waals surface area contributed by atoms with Gasteiger partial charge in [0.15, 0.2) is 53.5 Å². The smallest absolute Gasteiger partial charge is 0.305 e. The van der Waals surface area contributed by atoms with E-state index < -0.39 is 113 Å². The molecular formula is C45H44O17. The van der Waals surface area contributed by atoms with E-state index in [-0.39, 0.29) is 34.6 Å². The molecule has 3 aliphatic heterocycles. The summed E-state index contributed by atoms with van der Waals surface area (Å²) in [5.74, 6) is -8.46. The minimum Gasteiger partial charge on any atom is -0.507 e. The number of carbonyl (C=O) groups is 6. The number of carbonyl (C=O) groups excluding carboxylic acids is 6. The van der Waals surface area contributed by atoms with E-state index >= 15 is 9.59 Å². The molecule has 8 atom stereocenters. The highest BCUT2D eigenvalue weighted by molar-refractivity contribution is 6.30. The SMILES string of the molecule is CC(=O)OC[C@H]1O[C@@H](O[C@@H]2C3=C(C[C@@]4(C)OC(C)(C)O[C@@H]24)C(=O)c2c4c(cc(O)c2C3=O)OC(c2ccccc2)(c2ccccc2)O4)[C@H](OC(C)=O)[C@@H](OC(C)=O)[C@@H]1OC(C)=O. The normalized spacial score (nSPS) is 28.9. The van der Waals surface area contributed by atoms with Gasteiger partial charge in [0.2, 0.25) is 0 Å². The van der Waals surface area contributed by atoms with Gasteiger partial charge < -0.3 is 52.5 Å². The van der Waals surface area contributed by atoms with Crippen LogP contribution in [0.1, 0.15) is 86.7 Å². The summed E-state index contributed by atoms with van der Waals surface area (Å²) < 4.78 is 61.0. The van der Waals surface area contributed by atoms with Crippen LogP contribution in [0.2, 0.25) is 0 Å². The van der Waals surface area contributed by atoms with Crippen LogP contribution in [-0.4, -0.2) is 101 Å². The van der Waals surface area contributed by atoms with Crippen molar-refractivity contribution in [2.45, 2.75) is 115 Å². The number of ketones is 2. The van der Waals surface area contributed by atoms with E-state index in [2.05, 4.69) is 0 Å². The van der Waals surface area contributed by atoms with Crippen LogP contribution in [0.4, 0.5) is 0 Å². The van der Waals surface area contributed by atoms with Crippen LogP contribution < -0.4 is 9.47 Å². The molecule has 0 unspecified atom stereocenters. The number of hydrogen-bond donors (Lipinski definition) is 1. The molecule has 0 bridgehead atoms. The van der Waals surface area contributed by atoms with Crippen LogP contribution in [0.3, 0.4) is 0 Å². The standard InChI is InChI=1S/C45H44O17/c1-21(46)53-20-30-37(54-22(2)47)39(55-23(3)48)40(56-24(4)49)42(57-30)58-38-31-27(19-44(7)41(38)61-43(5,6)62-44)34(51)33-32(35(31)52)28(50)18-29-36(33)60-45(59-29,25-14-10-8-11-15-25)26-16-12-9-13-17-26/h8-18,30,37-42,50H,19-20H2,1-7H3/t30-,37-,38-,39+,40-,41+,42+,44-/m1/s1. The number of Topliss-reactive ketones (excluding diaryl/α,β-unsaturated/α-hetero) is 2. The molecule has 5 aliphatic rings. The topological polar surface area (TPSA) is 215 Å². The van der Waals surface area contributed by atoms with E-state index in [1.54, 1.807) is 69.3 Å². The molecule has 0 amide bonds. The second kappa shape index (κ2) is 15.6. The Balaban J connectivity index is 1.26. The molecule has 3 heterocycles. The second-order valence-corrected chi connectivity index (χ2v) is 16.2. The molecular weight excluding hydrogens is 812 g/mol. The Hall–Kier alpha value is -6.14. The predicted molar refractivity (Wildman–Crippen MR) is 209 cm³/mol. The number of rotatable bonds is 9. The third kappa shape index (κ3) is 7.37. The van der Waals surface area contributed by atoms with E-state index in [4.69, 9.17) is 47.4 Å². The zero-order chi connectivity index (χ0) is 44.5. The molecule has 0 radical (unpaired) electrons. The summed E-state index contributed by atoms with van der Waals surface area (Å²) in [5, 5.41) is 11.7. The van der Waals surface area contributed by atoms with E-state index in [1.165, 1.54) is 6.07 Å². The van der Waals surface area contributed by atoms with Gasteiger partial charge in [0, 0.05) is 62.5 Å². The van der Waals surface area contributed by atoms with Crippen LogP contribution in [0.15, 0.2) is 77.9 Å². The lowest BCUT2D eigenvalue weighted by atomic mass is 9.69. The van der Waals surface area contributed by atoms with Crippen molar-refractivity contribution in [2.75, 3.05) is 6.61 Å². The van der Waals surface area contributed by atoms with Crippen LogP contribution in [-0.2, 0) is 62.9 Å². The fraction of sp³-hybridized carbons (Fsp3) is 0.422. The summed E-state index contributed by atoms with van der Waals surface area (Å²) in [7, 11) is 0. The van der Waals surface area contributed by atoms with Crippen LogP contribution in [0.5, 0.6) is 17.2 Å². The number of hydrogen-bond acceptors (Lipinski definition) is 17. The molecule has 8 rings (SSSR count). The van der Waals surface area contributed by atoms with Gasteiger partial charge >= 0.3 is 29.7 Å². The number of phenols is 1. The molecule has 2 saturated heterocycles. The highest BCUT2D eigenvalue weighted by Crippen LogP contribution is 2.57. The summed E-state index contributed by atoms with van der Waals surface area (Å²) in [5.41, 5.74) is -1.18. The number of esters is 4. The zero-order valence-electron chi connectivity index (χ0n) is 34.8. The summed E-state index contributed by atoms with van der Waals surface area (Å²) in [6.45, 7) is 8.75. The van der Waals surface area contributed by atoms with Gasteiger partial charge in [-0.15, -0.1) is 0 Å². The number of benzene rings is 3. The Morgan fingerprint density at radius 2 is 1.32 bits per heavy atom. The van der Waals surface area contributed by atoms with E-state index in [0.717, 1.165) is 27.7 Å². The van der Waals surface area contributed by atoms with Crippen LogP contribution in [0.25, 0.3) is 0 Å². The Labute approximate surface area is 355 Å². The molecule has 3 aromatic carbocycles. The van der Waals surface area contributed by atoms with Gasteiger partial charge in [0.05, 0.1) is 11.1 Å². The molecule has 0 aromatic heterocycles. The molecule has 0 saturated carbocycles. The first-order valence-corrected chi connectivity index (χ1v) is 19.9. The Bertz CT molecular complexity index is 2350. The molecule has 2 fully saturated rings. The molecule has 17 heteroatoms. The third-order valence-electron chi connectivity index (χ3n) is 11.1. The molecule has 326 valence electrons. The minimum absolute atomic E-state index is 0.00550. The Kier molecular flexibility index (Phi) is 10.7. The molecule has 1 N–H and O–H groups in total. The summed E-state index contributed by atoms with van der Waals surface area (Å²) in [4.78, 5) is 80.0. The van der Waals surface area contributed by atoms with Crippen LogP contribution in [0, 0.1) is 0 Å². The maximum absolute atomic E-state index is 15.2. The molecule has 0 spiro atoms. The van der Waals surface area contributed by atoms with Crippen molar-refractivity contribution in [1.29, 1.82) is 0 Å². The highest BCUT2D eigenvalue weighted by Gasteiger charge is 2.63. The van der Waals surface area contributed by atoms with Crippen molar-refractivity contribution in [3.63, 3.8) is 0 Å². The number of aromatic hydroxyl groups is 1. The lowest BCUT2D eigenvalue weighted by Gasteiger charge is -2.47. The van der Waals surface area contributed by atoms with Gasteiger partial charge in [-0.3, -0.25) is 28.8 Å². The molecule has 62 heavy (non-hydrogen) atoms. The van der Waals surface area contributed by atoms with Crippen molar-refractivity contribution >= 4 is 35.4 Å². The van der Waals surface area contributed by atoms with Crippen LogP contribution >= 0.6 is 0 Å². The van der Waals surface area contributed by atoms with Gasteiger partial charge in [-0.25, -0.2) is 0 Å². The average molecular weight is 857 g/mol. The minimum atomic E-state index is -1.78. The highest BCUT2D eigenvalue weighted by atomic mass is 16.8. The lowest BCUT2D eigenvalue weighted by Crippen LogP contribution is -2.64. The van der Waals surface area contributed by atoms with Crippen molar-refractivity contribution in [3.8, 4) is 17.2 Å². The van der Waals surface area contributed by atoms with Gasteiger partial charge in [0.25, 0.3) is 0 Å². The first-order valence-electron chi connectivity index (χ1n) is 19.9. The monoisotopic (exact) mass is 856 g/mol. The first kappa shape index (κ1) is 42.5. The summed E-state index contributed by atoms with van der Waals surface area (Å²) in [6, 6.07) is 19.2.